The van der Waals surface area contributed by atoms with Crippen molar-refractivity contribution in [3.63, 3.8) is 0 Å². The molecule has 2 aromatic heterocycles. The largest absolute Gasteiger partial charge is 0.337 e. The summed E-state index contributed by atoms with van der Waals surface area (Å²) >= 11 is 1.25. The van der Waals surface area contributed by atoms with Crippen molar-refractivity contribution in [2.24, 2.45) is 11.8 Å². The van der Waals surface area contributed by atoms with Gasteiger partial charge in [-0.25, -0.2) is 4.68 Å². The van der Waals surface area contributed by atoms with E-state index in [1.54, 1.807) is 6.07 Å². The maximum Gasteiger partial charge on any atom is 0.333 e. The zero-order chi connectivity index (χ0) is 14.6. The van der Waals surface area contributed by atoms with Crippen LogP contribution in [-0.2, 0) is 0 Å². The van der Waals surface area contributed by atoms with Crippen LogP contribution in [0.5, 0.6) is 0 Å². The van der Waals surface area contributed by atoms with E-state index in [1.165, 1.54) is 36.8 Å². The second kappa shape index (κ2) is 4.76. The average molecular weight is 311 g/mol. The van der Waals surface area contributed by atoms with E-state index in [4.69, 9.17) is 0 Å². The molecule has 1 aliphatic carbocycles. The highest BCUT2D eigenvalue weighted by molar-refractivity contribution is 7.20. The maximum absolute atomic E-state index is 12.5. The third kappa shape index (κ3) is 2.14. The quantitative estimate of drug-likeness (QED) is 0.853. The van der Waals surface area contributed by atoms with E-state index in [2.05, 4.69) is 5.10 Å². The zero-order valence-electron chi connectivity index (χ0n) is 11.3. The lowest BCUT2D eigenvalue weighted by molar-refractivity contribution is 0.0574. The van der Waals surface area contributed by atoms with Gasteiger partial charge >= 0.3 is 6.55 Å². The number of aromatic nitrogens is 2. The lowest BCUT2D eigenvalue weighted by Crippen LogP contribution is -2.28. The van der Waals surface area contributed by atoms with Gasteiger partial charge in [-0.3, -0.25) is 4.79 Å². The minimum Gasteiger partial charge on any atom is -0.337 e. The number of fused-ring (bicyclic) bond motifs is 2. The Labute approximate surface area is 124 Å². The molecular formula is C14H15F2N3OS. The van der Waals surface area contributed by atoms with Gasteiger partial charge in [0, 0.05) is 19.3 Å². The van der Waals surface area contributed by atoms with Crippen LogP contribution in [0.4, 0.5) is 8.78 Å². The summed E-state index contributed by atoms with van der Waals surface area (Å²) in [6.45, 7) is -0.951. The number of hydrogen-bond donors (Lipinski definition) is 0. The van der Waals surface area contributed by atoms with E-state index in [0.29, 0.717) is 31.6 Å². The normalized spacial score (nSPS) is 25.2. The van der Waals surface area contributed by atoms with Gasteiger partial charge in [-0.1, -0.05) is 6.42 Å². The Morgan fingerprint density at radius 1 is 1.33 bits per heavy atom. The smallest absolute Gasteiger partial charge is 0.333 e. The van der Waals surface area contributed by atoms with E-state index in [1.807, 2.05) is 4.90 Å². The summed E-state index contributed by atoms with van der Waals surface area (Å²) in [4.78, 5) is 15.0. The standard InChI is InChI=1S/C14H15F2N3OS/c15-14(16)19-7-12-10(17-19)4-11(21-12)13(20)18-5-8-2-1-3-9(8)6-18/h4,7-9,14H,1-3,5-6H2/t8-,9+. The van der Waals surface area contributed by atoms with Gasteiger partial charge in [-0.15, -0.1) is 11.3 Å². The van der Waals surface area contributed by atoms with E-state index >= 15 is 0 Å². The summed E-state index contributed by atoms with van der Waals surface area (Å²) in [6.07, 6.45) is 5.03. The number of nitrogens with zero attached hydrogens (tertiary/aromatic N) is 3. The summed E-state index contributed by atoms with van der Waals surface area (Å²) in [5.41, 5.74) is 0.475. The maximum atomic E-state index is 12.5. The number of halogens is 2. The molecular weight excluding hydrogens is 296 g/mol. The van der Waals surface area contributed by atoms with Crippen molar-refractivity contribution in [3.8, 4) is 0 Å². The summed E-state index contributed by atoms with van der Waals surface area (Å²) in [7, 11) is 0. The van der Waals surface area contributed by atoms with E-state index in [-0.39, 0.29) is 5.91 Å². The minimum atomic E-state index is -2.64. The molecule has 21 heavy (non-hydrogen) atoms. The summed E-state index contributed by atoms with van der Waals surface area (Å²) in [5, 5.41) is 3.81. The van der Waals surface area contributed by atoms with Crippen LogP contribution in [0.3, 0.4) is 0 Å². The van der Waals surface area contributed by atoms with Crippen LogP contribution >= 0.6 is 11.3 Å². The molecule has 2 atom stereocenters. The monoisotopic (exact) mass is 311 g/mol. The van der Waals surface area contributed by atoms with Crippen LogP contribution < -0.4 is 0 Å². The van der Waals surface area contributed by atoms with Crippen molar-refractivity contribution < 1.29 is 13.6 Å². The molecule has 4 rings (SSSR count). The number of alkyl halides is 2. The van der Waals surface area contributed by atoms with Crippen molar-refractivity contribution in [3.05, 3.63) is 17.1 Å². The fourth-order valence-corrected chi connectivity index (χ4v) is 4.59. The zero-order valence-corrected chi connectivity index (χ0v) is 12.2. The number of likely N-dealkylation sites (tertiary alicyclic amines) is 1. The topological polar surface area (TPSA) is 38.1 Å². The molecule has 2 aliphatic rings. The molecule has 0 aromatic carbocycles. The molecule has 0 unspecified atom stereocenters. The van der Waals surface area contributed by atoms with Gasteiger partial charge in [-0.2, -0.15) is 13.9 Å². The Morgan fingerprint density at radius 3 is 2.67 bits per heavy atom. The van der Waals surface area contributed by atoms with Gasteiger partial charge in [-0.05, 0) is 30.7 Å². The van der Waals surface area contributed by atoms with Crippen molar-refractivity contribution in [1.29, 1.82) is 0 Å². The molecule has 0 spiro atoms. The Morgan fingerprint density at radius 2 is 2.05 bits per heavy atom. The summed E-state index contributed by atoms with van der Waals surface area (Å²) in [5.74, 6) is 1.34. The highest BCUT2D eigenvalue weighted by Crippen LogP contribution is 2.39. The van der Waals surface area contributed by atoms with Gasteiger partial charge in [0.1, 0.15) is 5.52 Å². The lowest BCUT2D eigenvalue weighted by Gasteiger charge is -2.15. The first-order chi connectivity index (χ1) is 10.1. The molecule has 2 fully saturated rings. The molecule has 0 bridgehead atoms. The third-order valence-corrected chi connectivity index (χ3v) is 5.68. The van der Waals surface area contributed by atoms with Crippen LogP contribution in [-0.4, -0.2) is 33.7 Å². The fourth-order valence-electron chi connectivity index (χ4n) is 3.60. The lowest BCUT2D eigenvalue weighted by atomic mass is 10.0. The third-order valence-electron chi connectivity index (χ3n) is 4.64. The van der Waals surface area contributed by atoms with Crippen LogP contribution in [0.1, 0.15) is 35.5 Å². The van der Waals surface area contributed by atoms with Crippen LogP contribution in [0.15, 0.2) is 12.3 Å². The van der Waals surface area contributed by atoms with Gasteiger partial charge in [0.05, 0.1) is 9.58 Å². The second-order valence-corrected chi connectivity index (χ2v) is 6.99. The molecule has 0 N–H and O–H groups in total. The average Bonchev–Trinajstić information content (AvgIpc) is 3.15. The number of rotatable bonds is 2. The van der Waals surface area contributed by atoms with Crippen molar-refractivity contribution in [2.45, 2.75) is 25.8 Å². The Balaban J connectivity index is 1.55. The molecule has 0 radical (unpaired) electrons. The van der Waals surface area contributed by atoms with Gasteiger partial charge in [0.2, 0.25) is 0 Å². The highest BCUT2D eigenvalue weighted by atomic mass is 32.1. The molecule has 1 amide bonds. The van der Waals surface area contributed by atoms with E-state index in [9.17, 15) is 13.6 Å². The van der Waals surface area contributed by atoms with Crippen molar-refractivity contribution in [2.75, 3.05) is 13.1 Å². The number of amides is 1. The van der Waals surface area contributed by atoms with Crippen molar-refractivity contribution in [1.82, 2.24) is 14.7 Å². The Hall–Kier alpha value is -1.50. The molecule has 112 valence electrons. The second-order valence-electron chi connectivity index (χ2n) is 5.91. The molecule has 1 saturated carbocycles. The first kappa shape index (κ1) is 13.2. The van der Waals surface area contributed by atoms with Gasteiger partial charge in [0.15, 0.2) is 0 Å². The minimum absolute atomic E-state index is 0.0241. The molecule has 1 aliphatic heterocycles. The first-order valence-electron chi connectivity index (χ1n) is 7.18. The number of carbonyl (C=O) groups excluding carboxylic acids is 1. The van der Waals surface area contributed by atoms with Gasteiger partial charge in [0.25, 0.3) is 5.91 Å². The SMILES string of the molecule is O=C(c1cc2nn(C(F)F)cc2s1)N1C[C@H]2CCC[C@H]2C1. The molecule has 7 heteroatoms. The Kier molecular flexibility index (Phi) is 2.99. The molecule has 4 nitrogen and oxygen atoms in total. The fraction of sp³-hybridized carbons (Fsp3) is 0.571. The van der Waals surface area contributed by atoms with Crippen LogP contribution in [0.25, 0.3) is 10.2 Å². The number of thiophene rings is 1. The highest BCUT2D eigenvalue weighted by Gasteiger charge is 2.38. The summed E-state index contributed by atoms with van der Waals surface area (Å²) in [6, 6.07) is 1.63. The molecule has 1 saturated heterocycles. The van der Waals surface area contributed by atoms with Crippen molar-refractivity contribution >= 4 is 27.5 Å². The van der Waals surface area contributed by atoms with Crippen LogP contribution in [0, 0.1) is 11.8 Å². The van der Waals surface area contributed by atoms with Gasteiger partial charge < -0.3 is 4.90 Å². The molecule has 2 aromatic rings. The predicted octanol–water partition coefficient (Wildman–Crippen LogP) is 3.37. The predicted molar refractivity (Wildman–Crippen MR) is 75.6 cm³/mol. The first-order valence-corrected chi connectivity index (χ1v) is 7.99. The Bertz CT molecular complexity index is 652. The van der Waals surface area contributed by atoms with E-state index in [0.717, 1.165) is 13.1 Å². The van der Waals surface area contributed by atoms with Crippen LogP contribution in [0.2, 0.25) is 0 Å². The van der Waals surface area contributed by atoms with E-state index < -0.39 is 6.55 Å². The molecule has 3 heterocycles. The number of hydrogen-bond acceptors (Lipinski definition) is 3. The summed E-state index contributed by atoms with van der Waals surface area (Å²) < 4.78 is 26.4. The number of carbonyl (C=O) groups is 1.